The van der Waals surface area contributed by atoms with Gasteiger partial charge in [-0.25, -0.2) is 0 Å². The molecule has 0 aromatic carbocycles. The van der Waals surface area contributed by atoms with Crippen LogP contribution in [-0.4, -0.2) is 140 Å². The Kier molecular flexibility index (Phi) is 52.4. The van der Waals surface area contributed by atoms with Crippen molar-refractivity contribution in [2.45, 2.75) is 389 Å². The maximum atomic E-state index is 13.3. The number of nitrogens with one attached hydrogen (secondary N) is 1. The number of aliphatic hydroxyl groups excluding tert-OH is 8. The number of carbonyl (C=O) groups excluding carboxylic acids is 1. The highest BCUT2D eigenvalue weighted by atomic mass is 16.7. The van der Waals surface area contributed by atoms with E-state index in [9.17, 15) is 45.6 Å². The number of aliphatic hydroxyl groups is 8. The van der Waals surface area contributed by atoms with Crippen LogP contribution in [0.25, 0.3) is 0 Å². The average Bonchev–Trinajstić information content (AvgIpc) is 3.68. The summed E-state index contributed by atoms with van der Waals surface area (Å²) in [6.07, 6.45) is 54.8. The summed E-state index contributed by atoms with van der Waals surface area (Å²) in [6.45, 7) is 2.84. The molecule has 0 aromatic rings. The summed E-state index contributed by atoms with van der Waals surface area (Å²) in [4.78, 5) is 13.3. The summed E-state index contributed by atoms with van der Waals surface area (Å²) in [5.41, 5.74) is 0. The molecule has 9 N–H and O–H groups in total. The van der Waals surface area contributed by atoms with Gasteiger partial charge in [-0.3, -0.25) is 4.79 Å². The Morgan fingerprint density at radius 2 is 0.776 bits per heavy atom. The van der Waals surface area contributed by atoms with Crippen LogP contribution >= 0.6 is 0 Å². The zero-order chi connectivity index (χ0) is 61.6. The van der Waals surface area contributed by atoms with E-state index in [4.69, 9.17) is 18.9 Å². The van der Waals surface area contributed by atoms with Crippen LogP contribution in [-0.2, 0) is 23.7 Å². The normalized spacial score (nSPS) is 23.7. The lowest BCUT2D eigenvalue weighted by atomic mass is 9.97. The van der Waals surface area contributed by atoms with Crippen molar-refractivity contribution in [3.05, 3.63) is 36.5 Å². The first-order valence-electron chi connectivity index (χ1n) is 35.7. The van der Waals surface area contributed by atoms with Gasteiger partial charge in [0.1, 0.15) is 48.8 Å². The van der Waals surface area contributed by atoms with Gasteiger partial charge in [0.05, 0.1) is 32.0 Å². The monoisotopic (exact) mass is 1210 g/mol. The molecule has 2 saturated heterocycles. The Bertz CT molecular complexity index is 1560. The highest BCUT2D eigenvalue weighted by molar-refractivity contribution is 5.76. The molecular weight excluding hydrogens is 1070 g/mol. The zero-order valence-corrected chi connectivity index (χ0v) is 54.4. The predicted octanol–water partition coefficient (Wildman–Crippen LogP) is 14.5. The number of hydrogen-bond donors (Lipinski definition) is 9. The summed E-state index contributed by atoms with van der Waals surface area (Å²) in [6, 6.07) is -0.915. The smallest absolute Gasteiger partial charge is 0.220 e. The number of unbranched alkanes of at least 4 members (excludes halogenated alkanes) is 42. The van der Waals surface area contributed by atoms with Gasteiger partial charge in [0.25, 0.3) is 0 Å². The minimum Gasteiger partial charge on any atom is -0.394 e. The quantitative estimate of drug-likeness (QED) is 0.0204. The van der Waals surface area contributed by atoms with Gasteiger partial charge in [0.15, 0.2) is 12.6 Å². The van der Waals surface area contributed by atoms with Crippen LogP contribution in [0, 0.1) is 0 Å². The number of rotatable bonds is 59. The molecule has 2 heterocycles. The summed E-state index contributed by atoms with van der Waals surface area (Å²) in [7, 11) is 0. The fourth-order valence-corrected chi connectivity index (χ4v) is 11.9. The Morgan fingerprint density at radius 3 is 1.18 bits per heavy atom. The van der Waals surface area contributed by atoms with Crippen LogP contribution < -0.4 is 5.32 Å². The van der Waals surface area contributed by atoms with E-state index in [0.717, 1.165) is 44.9 Å². The van der Waals surface area contributed by atoms with Crippen molar-refractivity contribution in [1.82, 2.24) is 5.32 Å². The van der Waals surface area contributed by atoms with Gasteiger partial charge in [-0.1, -0.05) is 294 Å². The summed E-state index contributed by atoms with van der Waals surface area (Å²) in [5, 5.41) is 87.5. The van der Waals surface area contributed by atoms with Crippen molar-refractivity contribution in [3.63, 3.8) is 0 Å². The molecule has 12 unspecified atom stereocenters. The summed E-state index contributed by atoms with van der Waals surface area (Å²) < 4.78 is 22.9. The molecule has 2 aliphatic rings. The van der Waals surface area contributed by atoms with Gasteiger partial charge in [-0.05, 0) is 51.4 Å². The molecule has 85 heavy (non-hydrogen) atoms. The summed E-state index contributed by atoms with van der Waals surface area (Å²) >= 11 is 0. The molecule has 0 aromatic heterocycles. The number of allylic oxidation sites excluding steroid dienone is 5. The molecule has 0 bridgehead atoms. The minimum absolute atomic E-state index is 0.235. The van der Waals surface area contributed by atoms with E-state index < -0.39 is 86.8 Å². The van der Waals surface area contributed by atoms with Crippen LogP contribution in [0.15, 0.2) is 36.5 Å². The second-order valence-corrected chi connectivity index (χ2v) is 25.4. The van der Waals surface area contributed by atoms with Crippen molar-refractivity contribution in [2.24, 2.45) is 0 Å². The van der Waals surface area contributed by atoms with Crippen LogP contribution in [0.2, 0.25) is 0 Å². The lowest BCUT2D eigenvalue weighted by Crippen LogP contribution is -2.65. The molecule has 500 valence electrons. The molecule has 12 atom stereocenters. The van der Waals surface area contributed by atoms with E-state index in [1.165, 1.54) is 244 Å². The van der Waals surface area contributed by atoms with Gasteiger partial charge in [0, 0.05) is 6.42 Å². The third kappa shape index (κ3) is 40.5. The molecule has 0 saturated carbocycles. The Labute approximate surface area is 519 Å². The van der Waals surface area contributed by atoms with Gasteiger partial charge in [-0.2, -0.15) is 0 Å². The van der Waals surface area contributed by atoms with Gasteiger partial charge in [-0.15, -0.1) is 0 Å². The molecule has 0 radical (unpaired) electrons. The molecule has 0 spiro atoms. The molecule has 2 aliphatic heterocycles. The Balaban J connectivity index is 1.68. The number of amides is 1. The van der Waals surface area contributed by atoms with Crippen LogP contribution in [0.4, 0.5) is 0 Å². The lowest BCUT2D eigenvalue weighted by molar-refractivity contribution is -0.359. The number of hydrogen-bond acceptors (Lipinski definition) is 13. The molecule has 2 rings (SSSR count). The topological polar surface area (TPSA) is 228 Å². The summed E-state index contributed by atoms with van der Waals surface area (Å²) in [5.74, 6) is -0.235. The van der Waals surface area contributed by atoms with Gasteiger partial charge < -0.3 is 65.1 Å². The maximum absolute atomic E-state index is 13.3. The van der Waals surface area contributed by atoms with E-state index in [0.29, 0.717) is 6.42 Å². The van der Waals surface area contributed by atoms with Crippen LogP contribution in [0.1, 0.15) is 316 Å². The Hall–Kier alpha value is -1.79. The highest BCUT2D eigenvalue weighted by Gasteiger charge is 2.51. The van der Waals surface area contributed by atoms with E-state index in [-0.39, 0.29) is 18.9 Å². The van der Waals surface area contributed by atoms with Crippen LogP contribution in [0.5, 0.6) is 0 Å². The minimum atomic E-state index is -1.79. The SMILES string of the molecule is CCCCCCC/C=C\C/C=C\CCCCCCCCCCCCCCCCCC(=O)NC(COC1OC(CO)C(OC2OC(CO)C(O)C(O)C2O)C(O)C1O)C(O)/C=C/CCCCCCCCCCCCCCCCCCCCCCCC. The first kappa shape index (κ1) is 79.3. The first-order chi connectivity index (χ1) is 41.6. The molecule has 0 aliphatic carbocycles. The first-order valence-corrected chi connectivity index (χ1v) is 35.7. The van der Waals surface area contributed by atoms with Gasteiger partial charge in [0.2, 0.25) is 5.91 Å². The second-order valence-electron chi connectivity index (χ2n) is 25.4. The van der Waals surface area contributed by atoms with Crippen molar-refractivity contribution in [3.8, 4) is 0 Å². The Morgan fingerprint density at radius 1 is 0.424 bits per heavy atom. The van der Waals surface area contributed by atoms with Crippen molar-refractivity contribution in [1.29, 1.82) is 0 Å². The highest BCUT2D eigenvalue weighted by Crippen LogP contribution is 2.30. The second kappa shape index (κ2) is 56.2. The molecule has 2 fully saturated rings. The molecule has 14 nitrogen and oxygen atoms in total. The van der Waals surface area contributed by atoms with Crippen molar-refractivity contribution in [2.75, 3.05) is 19.8 Å². The van der Waals surface area contributed by atoms with Crippen molar-refractivity contribution >= 4 is 5.91 Å². The van der Waals surface area contributed by atoms with Gasteiger partial charge >= 0.3 is 0 Å². The maximum Gasteiger partial charge on any atom is 0.220 e. The number of carbonyl (C=O) groups is 1. The van der Waals surface area contributed by atoms with E-state index >= 15 is 0 Å². The largest absolute Gasteiger partial charge is 0.394 e. The fourth-order valence-electron chi connectivity index (χ4n) is 11.9. The standard InChI is InChI=1S/C71H133NO13/c1-3-5-7-9-11-13-15-17-19-21-23-25-27-29-30-31-33-35-37-39-41-43-45-47-49-51-53-55-63(76)72-59(58-82-70-68(81)66(79)69(62(57-74)84-70)85-71-67(80)65(78)64(77)61(56-73)83-71)60(75)54-52-50-48-46-44-42-40-38-36-34-32-28-26-24-22-20-18-16-14-12-10-8-6-4-2/h15,17,21,23,52,54,59-62,64-71,73-75,77-81H,3-14,16,18-20,22,24-51,53,55-58H2,1-2H3,(H,72,76)/b17-15-,23-21-,54-52+. The van der Waals surface area contributed by atoms with E-state index in [2.05, 4.69) is 43.5 Å². The van der Waals surface area contributed by atoms with Crippen LogP contribution in [0.3, 0.4) is 0 Å². The molecule has 14 heteroatoms. The molecule has 1 amide bonds. The molecular formula is C71H133NO13. The predicted molar refractivity (Wildman–Crippen MR) is 346 cm³/mol. The van der Waals surface area contributed by atoms with E-state index in [1.54, 1.807) is 6.08 Å². The fraction of sp³-hybridized carbons (Fsp3) is 0.901. The average molecular weight is 1210 g/mol. The van der Waals surface area contributed by atoms with E-state index in [1.807, 2.05) is 6.08 Å². The third-order valence-electron chi connectivity index (χ3n) is 17.6. The zero-order valence-electron chi connectivity index (χ0n) is 54.4. The van der Waals surface area contributed by atoms with Crippen molar-refractivity contribution < 1.29 is 64.6 Å². The lowest BCUT2D eigenvalue weighted by Gasteiger charge is -2.46. The third-order valence-corrected chi connectivity index (χ3v) is 17.6. The number of ether oxygens (including phenoxy) is 4.